The van der Waals surface area contributed by atoms with Crippen molar-refractivity contribution >= 4 is 21.6 Å². The Labute approximate surface area is 251 Å². The zero-order valence-electron chi connectivity index (χ0n) is 25.4. The van der Waals surface area contributed by atoms with Crippen LogP contribution in [0.25, 0.3) is 0 Å². The van der Waals surface area contributed by atoms with Crippen LogP contribution < -0.4 is 9.46 Å². The molecule has 2 N–H and O–H groups in total. The van der Waals surface area contributed by atoms with Crippen molar-refractivity contribution < 1.29 is 27.8 Å². The SMILES string of the molecule is C[C@H](CO)N1C[C@H](C)[C@@H](CN(C)CC2CC2)OCCCC[C@H](C)Oc2ccc(NS(=O)(=O)c3ccccc3)cc2C1=O. The van der Waals surface area contributed by atoms with Crippen molar-refractivity contribution in [1.82, 2.24) is 9.80 Å². The molecule has 4 rings (SSSR count). The molecule has 0 spiro atoms. The number of nitrogens with zero attached hydrogens (tertiary/aromatic N) is 2. The average molecular weight is 602 g/mol. The third kappa shape index (κ3) is 8.92. The predicted molar refractivity (Wildman–Crippen MR) is 164 cm³/mol. The van der Waals surface area contributed by atoms with Crippen LogP contribution in [-0.2, 0) is 14.8 Å². The molecule has 4 atom stereocenters. The summed E-state index contributed by atoms with van der Waals surface area (Å²) >= 11 is 0. The Balaban J connectivity index is 1.65. The summed E-state index contributed by atoms with van der Waals surface area (Å²) in [6.45, 7) is 8.50. The van der Waals surface area contributed by atoms with E-state index in [2.05, 4.69) is 23.6 Å². The molecule has 10 heteroatoms. The minimum absolute atomic E-state index is 0.00407. The molecule has 0 radical (unpaired) electrons. The van der Waals surface area contributed by atoms with E-state index < -0.39 is 16.1 Å². The van der Waals surface area contributed by atoms with Crippen LogP contribution in [0.4, 0.5) is 5.69 Å². The smallest absolute Gasteiger partial charge is 0.261 e. The molecule has 0 aromatic heterocycles. The number of hydrogen-bond acceptors (Lipinski definition) is 7. The van der Waals surface area contributed by atoms with E-state index in [1.807, 2.05) is 13.8 Å². The first-order chi connectivity index (χ1) is 20.1. The van der Waals surface area contributed by atoms with Gasteiger partial charge in [0.25, 0.3) is 15.9 Å². The van der Waals surface area contributed by atoms with Gasteiger partial charge in [0.1, 0.15) is 5.75 Å². The van der Waals surface area contributed by atoms with E-state index >= 15 is 0 Å². The van der Waals surface area contributed by atoms with Crippen molar-refractivity contribution in [2.45, 2.75) is 76.0 Å². The van der Waals surface area contributed by atoms with Crippen molar-refractivity contribution in [3.8, 4) is 5.75 Å². The number of ether oxygens (including phenoxy) is 2. The van der Waals surface area contributed by atoms with Crippen LogP contribution in [0.1, 0.15) is 63.2 Å². The lowest BCUT2D eigenvalue weighted by atomic mass is 10.0. The lowest BCUT2D eigenvalue weighted by molar-refractivity contribution is -0.0172. The van der Waals surface area contributed by atoms with E-state index in [0.717, 1.165) is 38.3 Å². The number of sulfonamides is 1. The molecule has 1 aliphatic heterocycles. The predicted octanol–water partition coefficient (Wildman–Crippen LogP) is 4.62. The zero-order valence-corrected chi connectivity index (χ0v) is 26.2. The van der Waals surface area contributed by atoms with Gasteiger partial charge in [-0.1, -0.05) is 25.1 Å². The summed E-state index contributed by atoms with van der Waals surface area (Å²) in [7, 11) is -1.73. The second-order valence-electron chi connectivity index (χ2n) is 12.1. The van der Waals surface area contributed by atoms with Gasteiger partial charge in [0.05, 0.1) is 35.3 Å². The normalized spacial score (nSPS) is 23.5. The number of benzene rings is 2. The van der Waals surface area contributed by atoms with Gasteiger partial charge in [0, 0.05) is 37.8 Å². The van der Waals surface area contributed by atoms with Gasteiger partial charge in [-0.25, -0.2) is 8.42 Å². The van der Waals surface area contributed by atoms with E-state index in [1.54, 1.807) is 35.2 Å². The Kier molecular flexibility index (Phi) is 11.3. The fraction of sp³-hybridized carbons (Fsp3) is 0.594. The molecule has 2 aliphatic rings. The highest BCUT2D eigenvalue weighted by Gasteiger charge is 2.31. The Hall–Kier alpha value is -2.66. The first-order valence-electron chi connectivity index (χ1n) is 15.2. The number of nitrogens with one attached hydrogen (secondary N) is 1. The number of anilines is 1. The van der Waals surface area contributed by atoms with Crippen molar-refractivity contribution in [3.05, 3.63) is 54.1 Å². The Morgan fingerprint density at radius 1 is 1.07 bits per heavy atom. The van der Waals surface area contributed by atoms with E-state index in [0.29, 0.717) is 18.9 Å². The number of aliphatic hydroxyl groups is 1. The molecule has 9 nitrogen and oxygen atoms in total. The molecule has 232 valence electrons. The Morgan fingerprint density at radius 2 is 1.81 bits per heavy atom. The van der Waals surface area contributed by atoms with Crippen molar-refractivity contribution in [2.75, 3.05) is 44.6 Å². The summed E-state index contributed by atoms with van der Waals surface area (Å²) in [5, 5.41) is 10.1. The van der Waals surface area contributed by atoms with Gasteiger partial charge in [-0.2, -0.15) is 0 Å². The molecule has 42 heavy (non-hydrogen) atoms. The van der Waals surface area contributed by atoms with Gasteiger partial charge in [0.2, 0.25) is 0 Å². The Bertz CT molecular complexity index is 1270. The standard InChI is InChI=1S/C32H47N3O6S/c1-23-19-35(24(2)22-36)32(37)29-18-27(33-42(38,39)28-11-6-5-7-12-28)15-16-30(29)41-25(3)10-8-9-17-40-31(23)21-34(4)20-26-13-14-26/h5-7,11-12,15-16,18,23-26,31,33,36H,8-10,13-14,17,19-22H2,1-4H3/t23-,24+,25-,31+/m0/s1. The van der Waals surface area contributed by atoms with E-state index in [1.165, 1.54) is 31.0 Å². The lowest BCUT2D eigenvalue weighted by Gasteiger charge is -2.36. The maximum Gasteiger partial charge on any atom is 0.261 e. The number of amides is 1. The van der Waals surface area contributed by atoms with Crippen LogP contribution in [0.3, 0.4) is 0 Å². The summed E-state index contributed by atoms with van der Waals surface area (Å²) in [6, 6.07) is 12.4. The molecule has 1 fully saturated rings. The highest BCUT2D eigenvalue weighted by atomic mass is 32.2. The van der Waals surface area contributed by atoms with Crippen LogP contribution in [-0.4, -0.2) is 87.4 Å². The molecule has 0 unspecified atom stereocenters. The van der Waals surface area contributed by atoms with Crippen molar-refractivity contribution in [3.63, 3.8) is 0 Å². The van der Waals surface area contributed by atoms with Crippen molar-refractivity contribution in [2.24, 2.45) is 11.8 Å². The van der Waals surface area contributed by atoms with Gasteiger partial charge in [0.15, 0.2) is 0 Å². The van der Waals surface area contributed by atoms with Crippen LogP contribution >= 0.6 is 0 Å². The summed E-state index contributed by atoms with van der Waals surface area (Å²) in [5.41, 5.74) is 0.513. The van der Waals surface area contributed by atoms with Crippen molar-refractivity contribution in [1.29, 1.82) is 0 Å². The summed E-state index contributed by atoms with van der Waals surface area (Å²) in [5.74, 6) is 0.832. The molecular weight excluding hydrogens is 554 g/mol. The minimum atomic E-state index is -3.86. The largest absolute Gasteiger partial charge is 0.490 e. The maximum absolute atomic E-state index is 14.2. The third-order valence-corrected chi connectivity index (χ3v) is 9.51. The topological polar surface area (TPSA) is 108 Å². The number of aliphatic hydroxyl groups excluding tert-OH is 1. The zero-order chi connectivity index (χ0) is 30.3. The number of hydrogen-bond donors (Lipinski definition) is 2. The number of carbonyl (C=O) groups excluding carboxylic acids is 1. The number of fused-ring (bicyclic) bond motifs is 1. The Morgan fingerprint density at radius 3 is 2.50 bits per heavy atom. The molecule has 2 aromatic carbocycles. The molecule has 1 amide bonds. The molecular formula is C32H47N3O6S. The van der Waals surface area contributed by atoms with Crippen LogP contribution in [0.15, 0.2) is 53.4 Å². The lowest BCUT2D eigenvalue weighted by Crippen LogP contribution is -2.47. The first-order valence-corrected chi connectivity index (χ1v) is 16.7. The number of likely N-dealkylation sites (N-methyl/N-ethyl adjacent to an activating group) is 1. The first kappa shape index (κ1) is 32.3. The van der Waals surface area contributed by atoms with E-state index in [4.69, 9.17) is 9.47 Å². The van der Waals surface area contributed by atoms with Gasteiger partial charge in [-0.05, 0) is 89.2 Å². The second-order valence-corrected chi connectivity index (χ2v) is 13.8. The fourth-order valence-electron chi connectivity index (χ4n) is 5.39. The van der Waals surface area contributed by atoms with Crippen LogP contribution in [0.5, 0.6) is 5.75 Å². The fourth-order valence-corrected chi connectivity index (χ4v) is 6.46. The number of rotatable bonds is 9. The second kappa shape index (κ2) is 14.7. The molecule has 2 aromatic rings. The maximum atomic E-state index is 14.2. The van der Waals surface area contributed by atoms with Crippen LogP contribution in [0.2, 0.25) is 0 Å². The molecule has 1 aliphatic carbocycles. The highest BCUT2D eigenvalue weighted by molar-refractivity contribution is 7.92. The highest BCUT2D eigenvalue weighted by Crippen LogP contribution is 2.31. The summed E-state index contributed by atoms with van der Waals surface area (Å²) < 4.78 is 41.4. The monoisotopic (exact) mass is 601 g/mol. The summed E-state index contributed by atoms with van der Waals surface area (Å²) in [4.78, 5) is 18.4. The molecule has 1 saturated carbocycles. The summed E-state index contributed by atoms with van der Waals surface area (Å²) in [6.07, 6.45) is 4.95. The van der Waals surface area contributed by atoms with E-state index in [9.17, 15) is 18.3 Å². The minimum Gasteiger partial charge on any atom is -0.490 e. The number of carbonyl (C=O) groups is 1. The van der Waals surface area contributed by atoms with Gasteiger partial charge < -0.3 is 24.4 Å². The molecule has 0 saturated heterocycles. The van der Waals surface area contributed by atoms with Gasteiger partial charge >= 0.3 is 0 Å². The van der Waals surface area contributed by atoms with Crippen LogP contribution in [0, 0.1) is 11.8 Å². The molecule has 1 heterocycles. The van der Waals surface area contributed by atoms with Gasteiger partial charge in [-0.3, -0.25) is 9.52 Å². The van der Waals surface area contributed by atoms with E-state index in [-0.39, 0.29) is 46.8 Å². The van der Waals surface area contributed by atoms with Gasteiger partial charge in [-0.15, -0.1) is 0 Å². The third-order valence-electron chi connectivity index (χ3n) is 8.12. The quantitative estimate of drug-likeness (QED) is 0.432. The molecule has 0 bridgehead atoms. The average Bonchev–Trinajstić information content (AvgIpc) is 3.78.